The number of benzene rings is 1. The standard InChI is InChI=1S/C15H17Cl2NS/c1-9-7-12(11(3)19-9)10(2)18-8-13-14(16)5-4-6-15(13)17/h4-7,10,18H,8H2,1-3H3. The van der Waals surface area contributed by atoms with E-state index < -0.39 is 0 Å². The Kier molecular flexibility index (Phi) is 4.91. The molecular weight excluding hydrogens is 297 g/mol. The molecule has 102 valence electrons. The van der Waals surface area contributed by atoms with E-state index in [0.717, 1.165) is 5.56 Å². The zero-order chi connectivity index (χ0) is 14.0. The van der Waals surface area contributed by atoms with Crippen molar-refractivity contribution in [3.05, 3.63) is 55.2 Å². The Morgan fingerprint density at radius 2 is 1.84 bits per heavy atom. The Morgan fingerprint density at radius 1 is 1.21 bits per heavy atom. The molecule has 0 aliphatic heterocycles. The first-order chi connectivity index (χ1) is 8.99. The van der Waals surface area contributed by atoms with Crippen LogP contribution in [0.25, 0.3) is 0 Å². The zero-order valence-electron chi connectivity index (χ0n) is 11.3. The number of nitrogens with one attached hydrogen (secondary N) is 1. The van der Waals surface area contributed by atoms with Gasteiger partial charge in [0, 0.05) is 37.9 Å². The number of aryl methyl sites for hydroxylation is 2. The van der Waals surface area contributed by atoms with Crippen LogP contribution < -0.4 is 5.32 Å². The molecule has 0 amide bonds. The van der Waals surface area contributed by atoms with Crippen molar-refractivity contribution in [2.24, 2.45) is 0 Å². The molecule has 0 aliphatic carbocycles. The van der Waals surface area contributed by atoms with Crippen LogP contribution in [0, 0.1) is 13.8 Å². The number of thiophene rings is 1. The Balaban J connectivity index is 2.08. The van der Waals surface area contributed by atoms with Gasteiger partial charge in [-0.15, -0.1) is 11.3 Å². The van der Waals surface area contributed by atoms with E-state index in [1.165, 1.54) is 15.3 Å². The van der Waals surface area contributed by atoms with Crippen LogP contribution in [-0.4, -0.2) is 0 Å². The highest BCUT2D eigenvalue weighted by Gasteiger charge is 2.12. The molecule has 1 atom stereocenters. The summed E-state index contributed by atoms with van der Waals surface area (Å²) in [6, 6.07) is 8.14. The van der Waals surface area contributed by atoms with E-state index in [4.69, 9.17) is 23.2 Å². The minimum absolute atomic E-state index is 0.289. The van der Waals surface area contributed by atoms with Crippen molar-refractivity contribution in [2.75, 3.05) is 0 Å². The monoisotopic (exact) mass is 313 g/mol. The lowest BCUT2D eigenvalue weighted by Gasteiger charge is -2.15. The second-order valence-corrected chi connectivity index (χ2v) is 6.95. The molecule has 1 unspecified atom stereocenters. The fourth-order valence-corrected chi connectivity index (χ4v) is 3.70. The molecule has 1 heterocycles. The fourth-order valence-electron chi connectivity index (χ4n) is 2.15. The summed E-state index contributed by atoms with van der Waals surface area (Å²) in [5.74, 6) is 0. The molecule has 0 aliphatic rings. The maximum atomic E-state index is 6.17. The molecule has 1 aromatic carbocycles. The van der Waals surface area contributed by atoms with Crippen LogP contribution in [0.4, 0.5) is 0 Å². The lowest BCUT2D eigenvalue weighted by molar-refractivity contribution is 0.574. The van der Waals surface area contributed by atoms with Gasteiger partial charge in [-0.25, -0.2) is 0 Å². The molecule has 0 radical (unpaired) electrons. The summed E-state index contributed by atoms with van der Waals surface area (Å²) in [4.78, 5) is 2.71. The third-order valence-electron chi connectivity index (χ3n) is 3.19. The van der Waals surface area contributed by atoms with Gasteiger partial charge in [-0.1, -0.05) is 29.3 Å². The first-order valence-electron chi connectivity index (χ1n) is 6.22. The highest BCUT2D eigenvalue weighted by molar-refractivity contribution is 7.12. The summed E-state index contributed by atoms with van der Waals surface area (Å²) in [5, 5.41) is 4.92. The van der Waals surface area contributed by atoms with Crippen molar-refractivity contribution < 1.29 is 0 Å². The summed E-state index contributed by atoms with van der Waals surface area (Å²) >= 11 is 14.2. The number of hydrogen-bond donors (Lipinski definition) is 1. The normalized spacial score (nSPS) is 12.7. The average Bonchev–Trinajstić information content (AvgIpc) is 2.67. The summed E-state index contributed by atoms with van der Waals surface area (Å²) in [7, 11) is 0. The van der Waals surface area contributed by atoms with Gasteiger partial charge in [-0.05, 0) is 44.5 Å². The van der Waals surface area contributed by atoms with Crippen molar-refractivity contribution >= 4 is 34.5 Å². The van der Waals surface area contributed by atoms with Gasteiger partial charge in [0.25, 0.3) is 0 Å². The molecule has 0 spiro atoms. The molecule has 2 rings (SSSR count). The van der Waals surface area contributed by atoms with Crippen LogP contribution >= 0.6 is 34.5 Å². The SMILES string of the molecule is Cc1cc(C(C)NCc2c(Cl)cccc2Cl)c(C)s1. The van der Waals surface area contributed by atoms with Gasteiger partial charge in [0.1, 0.15) is 0 Å². The Labute approximate surface area is 128 Å². The van der Waals surface area contributed by atoms with Gasteiger partial charge in [0.05, 0.1) is 0 Å². The highest BCUT2D eigenvalue weighted by Crippen LogP contribution is 2.28. The van der Waals surface area contributed by atoms with Crippen molar-refractivity contribution in [3.8, 4) is 0 Å². The van der Waals surface area contributed by atoms with E-state index in [2.05, 4.69) is 32.2 Å². The van der Waals surface area contributed by atoms with Gasteiger partial charge in [0.15, 0.2) is 0 Å². The first-order valence-corrected chi connectivity index (χ1v) is 7.79. The minimum atomic E-state index is 0.289. The molecule has 0 fully saturated rings. The van der Waals surface area contributed by atoms with E-state index in [9.17, 15) is 0 Å². The molecule has 19 heavy (non-hydrogen) atoms. The summed E-state index contributed by atoms with van der Waals surface area (Å²) < 4.78 is 0. The van der Waals surface area contributed by atoms with Gasteiger partial charge in [-0.3, -0.25) is 0 Å². The van der Waals surface area contributed by atoms with E-state index >= 15 is 0 Å². The molecule has 0 saturated carbocycles. The third-order valence-corrected chi connectivity index (χ3v) is 4.88. The predicted molar refractivity (Wildman–Crippen MR) is 85.5 cm³/mol. The van der Waals surface area contributed by atoms with E-state index in [1.54, 1.807) is 0 Å². The van der Waals surface area contributed by atoms with Crippen LogP contribution in [0.2, 0.25) is 10.0 Å². The lowest BCUT2D eigenvalue weighted by atomic mass is 10.1. The van der Waals surface area contributed by atoms with E-state index in [1.807, 2.05) is 29.5 Å². The number of hydrogen-bond acceptors (Lipinski definition) is 2. The summed E-state index contributed by atoms with van der Waals surface area (Å²) in [6.45, 7) is 7.14. The van der Waals surface area contributed by atoms with Crippen molar-refractivity contribution in [1.82, 2.24) is 5.32 Å². The Morgan fingerprint density at radius 3 is 2.37 bits per heavy atom. The number of rotatable bonds is 4. The van der Waals surface area contributed by atoms with Crippen molar-refractivity contribution in [1.29, 1.82) is 0 Å². The quantitative estimate of drug-likeness (QED) is 0.783. The molecular formula is C15H17Cl2NS. The first kappa shape index (κ1) is 14.9. The second kappa shape index (κ2) is 6.27. The fraction of sp³-hybridized carbons (Fsp3) is 0.333. The van der Waals surface area contributed by atoms with Crippen LogP contribution in [0.5, 0.6) is 0 Å². The Bertz CT molecular complexity index is 557. The molecule has 4 heteroatoms. The third kappa shape index (κ3) is 3.51. The van der Waals surface area contributed by atoms with Crippen LogP contribution in [0.1, 0.15) is 33.8 Å². The average molecular weight is 314 g/mol. The predicted octanol–water partition coefficient (Wildman–Crippen LogP) is 5.52. The summed E-state index contributed by atoms with van der Waals surface area (Å²) in [5.41, 5.74) is 2.31. The maximum Gasteiger partial charge on any atom is 0.0465 e. The zero-order valence-corrected chi connectivity index (χ0v) is 13.6. The minimum Gasteiger partial charge on any atom is -0.306 e. The second-order valence-electron chi connectivity index (χ2n) is 4.67. The van der Waals surface area contributed by atoms with Gasteiger partial charge >= 0.3 is 0 Å². The molecule has 1 N–H and O–H groups in total. The van der Waals surface area contributed by atoms with Gasteiger partial charge < -0.3 is 5.32 Å². The smallest absolute Gasteiger partial charge is 0.0465 e. The van der Waals surface area contributed by atoms with Gasteiger partial charge in [-0.2, -0.15) is 0 Å². The van der Waals surface area contributed by atoms with E-state index in [-0.39, 0.29) is 6.04 Å². The summed E-state index contributed by atoms with van der Waals surface area (Å²) in [6.07, 6.45) is 0. The highest BCUT2D eigenvalue weighted by atomic mass is 35.5. The maximum absolute atomic E-state index is 6.17. The largest absolute Gasteiger partial charge is 0.306 e. The molecule has 2 aromatic rings. The van der Waals surface area contributed by atoms with Crippen molar-refractivity contribution in [3.63, 3.8) is 0 Å². The molecule has 0 saturated heterocycles. The van der Waals surface area contributed by atoms with Crippen molar-refractivity contribution in [2.45, 2.75) is 33.4 Å². The van der Waals surface area contributed by atoms with E-state index in [0.29, 0.717) is 16.6 Å². The van der Waals surface area contributed by atoms with Crippen LogP contribution in [0.15, 0.2) is 24.3 Å². The molecule has 0 bridgehead atoms. The van der Waals surface area contributed by atoms with Gasteiger partial charge in [0.2, 0.25) is 0 Å². The Hall–Kier alpha value is -0.540. The molecule has 1 nitrogen and oxygen atoms in total. The topological polar surface area (TPSA) is 12.0 Å². The lowest BCUT2D eigenvalue weighted by Crippen LogP contribution is -2.18. The molecule has 1 aromatic heterocycles. The van der Waals surface area contributed by atoms with Crippen LogP contribution in [-0.2, 0) is 6.54 Å². The number of halogens is 2. The van der Waals surface area contributed by atoms with Crippen LogP contribution in [0.3, 0.4) is 0 Å².